The van der Waals surface area contributed by atoms with E-state index in [9.17, 15) is 4.79 Å². The molecule has 1 aromatic carbocycles. The van der Waals surface area contributed by atoms with E-state index in [-0.39, 0.29) is 17.8 Å². The molecule has 0 aliphatic heterocycles. The lowest BCUT2D eigenvalue weighted by atomic mass is 10.2. The highest BCUT2D eigenvalue weighted by atomic mass is 35.5. The molecule has 1 aromatic heterocycles. The highest BCUT2D eigenvalue weighted by Gasteiger charge is 2.17. The Bertz CT molecular complexity index is 720. The van der Waals surface area contributed by atoms with Crippen LogP contribution in [0.1, 0.15) is 32.2 Å². The zero-order valence-corrected chi connectivity index (χ0v) is 16.4. The van der Waals surface area contributed by atoms with Crippen LogP contribution in [0.2, 0.25) is 5.02 Å². The van der Waals surface area contributed by atoms with E-state index in [4.69, 9.17) is 16.3 Å². The molecule has 0 bridgehead atoms. The van der Waals surface area contributed by atoms with Gasteiger partial charge in [-0.1, -0.05) is 37.2 Å². The van der Waals surface area contributed by atoms with Crippen molar-refractivity contribution >= 4 is 29.3 Å². The molecule has 0 saturated heterocycles. The Kier molecular flexibility index (Phi) is 7.13. The summed E-state index contributed by atoms with van der Waals surface area (Å²) in [5, 5.41) is 10.8. The molecule has 136 valence electrons. The van der Waals surface area contributed by atoms with E-state index in [1.807, 2.05) is 26.0 Å². The Morgan fingerprint density at radius 1 is 1.40 bits per heavy atom. The number of aromatic nitrogens is 3. The number of carbonyl (C=O) groups excluding carboxylic acids is 1. The molecule has 2 N–H and O–H groups in total. The lowest BCUT2D eigenvalue weighted by molar-refractivity contribution is -0.120. The second-order valence-electron chi connectivity index (χ2n) is 6.16. The minimum atomic E-state index is -0.262. The number of thioether (sulfide) groups is 1. The Morgan fingerprint density at radius 2 is 2.16 bits per heavy atom. The number of nitrogens with one attached hydrogen (secondary N) is 2. The van der Waals surface area contributed by atoms with Gasteiger partial charge in [-0.25, -0.2) is 4.98 Å². The molecule has 2 rings (SSSR count). The number of aryl methyl sites for hydroxylation is 1. The van der Waals surface area contributed by atoms with Crippen molar-refractivity contribution in [3.05, 3.63) is 34.6 Å². The van der Waals surface area contributed by atoms with Crippen LogP contribution in [0.3, 0.4) is 0 Å². The van der Waals surface area contributed by atoms with Gasteiger partial charge < -0.3 is 10.1 Å². The Hall–Kier alpha value is -1.73. The summed E-state index contributed by atoms with van der Waals surface area (Å²) in [5.74, 6) is 1.72. The third kappa shape index (κ3) is 6.25. The van der Waals surface area contributed by atoms with Crippen LogP contribution in [0.5, 0.6) is 5.75 Å². The summed E-state index contributed by atoms with van der Waals surface area (Å²) in [6, 6.07) is 5.48. The Labute approximate surface area is 157 Å². The first kappa shape index (κ1) is 19.6. The highest BCUT2D eigenvalue weighted by Crippen LogP contribution is 2.22. The van der Waals surface area contributed by atoms with Gasteiger partial charge in [-0.05, 0) is 43.5 Å². The SMILES string of the molecule is Cc1cc(OCc2nc(S[C@H](C)C(=O)NCC(C)C)n[nH]2)ccc1Cl. The van der Waals surface area contributed by atoms with Crippen molar-refractivity contribution in [1.29, 1.82) is 0 Å². The summed E-state index contributed by atoms with van der Waals surface area (Å²) in [7, 11) is 0. The summed E-state index contributed by atoms with van der Waals surface area (Å²) >= 11 is 7.31. The van der Waals surface area contributed by atoms with Gasteiger partial charge in [0, 0.05) is 11.6 Å². The van der Waals surface area contributed by atoms with Crippen LogP contribution < -0.4 is 10.1 Å². The van der Waals surface area contributed by atoms with Crippen LogP contribution in [0.25, 0.3) is 0 Å². The fourth-order valence-corrected chi connectivity index (χ4v) is 2.80. The number of halogens is 1. The molecule has 2 aromatic rings. The van der Waals surface area contributed by atoms with Gasteiger partial charge in [-0.2, -0.15) is 0 Å². The predicted octanol–water partition coefficient (Wildman–Crippen LogP) is 3.60. The van der Waals surface area contributed by atoms with Crippen LogP contribution in [0.15, 0.2) is 23.4 Å². The summed E-state index contributed by atoms with van der Waals surface area (Å²) in [5.41, 5.74) is 0.953. The lowest BCUT2D eigenvalue weighted by Crippen LogP contribution is -2.33. The fourth-order valence-electron chi connectivity index (χ4n) is 1.91. The van der Waals surface area contributed by atoms with Crippen molar-refractivity contribution in [1.82, 2.24) is 20.5 Å². The number of ether oxygens (including phenoxy) is 1. The average molecular weight is 383 g/mol. The maximum Gasteiger partial charge on any atom is 0.233 e. The van der Waals surface area contributed by atoms with Crippen molar-refractivity contribution in [2.24, 2.45) is 5.92 Å². The second-order valence-corrected chi connectivity index (χ2v) is 7.88. The average Bonchev–Trinajstić information content (AvgIpc) is 3.01. The molecule has 0 aliphatic rings. The van der Waals surface area contributed by atoms with Gasteiger partial charge in [0.25, 0.3) is 0 Å². The zero-order chi connectivity index (χ0) is 18.4. The van der Waals surface area contributed by atoms with E-state index in [2.05, 4.69) is 34.3 Å². The summed E-state index contributed by atoms with van der Waals surface area (Å²) < 4.78 is 5.68. The van der Waals surface area contributed by atoms with E-state index in [1.54, 1.807) is 6.07 Å². The number of hydrogen-bond donors (Lipinski definition) is 2. The van der Waals surface area contributed by atoms with Crippen molar-refractivity contribution in [3.63, 3.8) is 0 Å². The maximum absolute atomic E-state index is 12.0. The largest absolute Gasteiger partial charge is 0.486 e. The van der Waals surface area contributed by atoms with Gasteiger partial charge in [-0.15, -0.1) is 5.10 Å². The van der Waals surface area contributed by atoms with Crippen LogP contribution in [-0.2, 0) is 11.4 Å². The number of carbonyl (C=O) groups is 1. The third-order valence-corrected chi connectivity index (χ3v) is 4.74. The molecule has 0 spiro atoms. The van der Waals surface area contributed by atoms with Crippen molar-refractivity contribution in [2.75, 3.05) is 6.54 Å². The molecule has 25 heavy (non-hydrogen) atoms. The van der Waals surface area contributed by atoms with Crippen LogP contribution in [-0.4, -0.2) is 32.9 Å². The molecule has 0 saturated carbocycles. The predicted molar refractivity (Wildman–Crippen MR) is 100 cm³/mol. The minimum Gasteiger partial charge on any atom is -0.486 e. The maximum atomic E-state index is 12.0. The quantitative estimate of drug-likeness (QED) is 0.682. The summed E-state index contributed by atoms with van der Waals surface area (Å²) in [4.78, 5) is 16.3. The number of H-pyrrole nitrogens is 1. The van der Waals surface area contributed by atoms with Gasteiger partial charge in [0.1, 0.15) is 12.4 Å². The molecule has 0 unspecified atom stereocenters. The van der Waals surface area contributed by atoms with Gasteiger partial charge in [0.15, 0.2) is 5.82 Å². The molecular weight excluding hydrogens is 360 g/mol. The van der Waals surface area contributed by atoms with Crippen LogP contribution in [0.4, 0.5) is 0 Å². The van der Waals surface area contributed by atoms with Crippen molar-refractivity contribution < 1.29 is 9.53 Å². The Morgan fingerprint density at radius 3 is 2.84 bits per heavy atom. The number of benzene rings is 1. The zero-order valence-electron chi connectivity index (χ0n) is 14.8. The number of aromatic amines is 1. The first-order valence-corrected chi connectivity index (χ1v) is 9.35. The van der Waals surface area contributed by atoms with E-state index >= 15 is 0 Å². The fraction of sp³-hybridized carbons (Fsp3) is 0.471. The molecule has 6 nitrogen and oxygen atoms in total. The van der Waals surface area contributed by atoms with E-state index in [0.29, 0.717) is 34.2 Å². The van der Waals surface area contributed by atoms with Crippen molar-refractivity contribution in [3.8, 4) is 5.75 Å². The molecule has 0 radical (unpaired) electrons. The van der Waals surface area contributed by atoms with E-state index in [1.165, 1.54) is 11.8 Å². The Balaban J connectivity index is 1.85. The molecule has 1 atom stereocenters. The van der Waals surface area contributed by atoms with Crippen LogP contribution in [0, 0.1) is 12.8 Å². The minimum absolute atomic E-state index is 0.0158. The molecular formula is C17H23ClN4O2S. The molecule has 0 fully saturated rings. The van der Waals surface area contributed by atoms with Crippen LogP contribution >= 0.6 is 23.4 Å². The molecule has 0 aliphatic carbocycles. The van der Waals surface area contributed by atoms with Gasteiger partial charge in [-0.3, -0.25) is 9.89 Å². The third-order valence-electron chi connectivity index (χ3n) is 3.35. The standard InChI is InChI=1S/C17H23ClN4O2S/c1-10(2)8-19-16(23)12(4)25-17-20-15(21-22-17)9-24-13-5-6-14(18)11(3)7-13/h5-7,10,12H,8-9H2,1-4H3,(H,19,23)(H,20,21,22)/t12-/m1/s1. The number of amides is 1. The number of hydrogen-bond acceptors (Lipinski definition) is 5. The first-order valence-electron chi connectivity index (χ1n) is 8.09. The molecule has 1 amide bonds. The lowest BCUT2D eigenvalue weighted by Gasteiger charge is -2.11. The normalized spacial score (nSPS) is 12.2. The number of nitrogens with zero attached hydrogens (tertiary/aromatic N) is 2. The van der Waals surface area contributed by atoms with Gasteiger partial charge in [0.2, 0.25) is 11.1 Å². The van der Waals surface area contributed by atoms with E-state index in [0.717, 1.165) is 5.56 Å². The molecule has 8 heteroatoms. The van der Waals surface area contributed by atoms with Gasteiger partial charge >= 0.3 is 0 Å². The monoisotopic (exact) mass is 382 g/mol. The second kappa shape index (κ2) is 9.10. The van der Waals surface area contributed by atoms with Crippen molar-refractivity contribution in [2.45, 2.75) is 44.7 Å². The summed E-state index contributed by atoms with van der Waals surface area (Å²) in [6.45, 7) is 8.80. The summed E-state index contributed by atoms with van der Waals surface area (Å²) in [6.07, 6.45) is 0. The smallest absolute Gasteiger partial charge is 0.233 e. The van der Waals surface area contributed by atoms with Gasteiger partial charge in [0.05, 0.1) is 5.25 Å². The molecule has 1 heterocycles. The number of rotatable bonds is 8. The first-order chi connectivity index (χ1) is 11.8. The van der Waals surface area contributed by atoms with E-state index < -0.39 is 0 Å². The topological polar surface area (TPSA) is 79.9 Å². The highest BCUT2D eigenvalue weighted by molar-refractivity contribution is 8.00.